The van der Waals surface area contributed by atoms with Gasteiger partial charge in [0.2, 0.25) is 0 Å². The van der Waals surface area contributed by atoms with Crippen LogP contribution >= 0.6 is 11.3 Å². The molecular formula is C24H22N2O5S. The lowest BCUT2D eigenvalue weighted by atomic mass is 9.96. The topological polar surface area (TPSA) is 83.0 Å². The van der Waals surface area contributed by atoms with E-state index < -0.39 is 12.0 Å². The number of carbonyl (C=O) groups excluding carboxylic acids is 1. The number of fused-ring (bicyclic) bond motifs is 1. The maximum atomic E-state index is 13.4. The summed E-state index contributed by atoms with van der Waals surface area (Å²) in [6.45, 7) is 7.75. The Morgan fingerprint density at radius 1 is 1.31 bits per heavy atom. The van der Waals surface area contributed by atoms with Crippen LogP contribution in [0.15, 0.2) is 80.8 Å². The normalized spacial score (nSPS) is 15.8. The van der Waals surface area contributed by atoms with Gasteiger partial charge >= 0.3 is 5.97 Å². The Hall–Kier alpha value is -3.65. The number of allylic oxidation sites excluding steroid dienone is 1. The number of rotatable bonds is 7. The molecule has 0 spiro atoms. The largest absolute Gasteiger partial charge is 0.490 e. The van der Waals surface area contributed by atoms with Crippen LogP contribution in [0.2, 0.25) is 0 Å². The first-order valence-corrected chi connectivity index (χ1v) is 10.9. The molecule has 7 nitrogen and oxygen atoms in total. The number of carbonyl (C=O) groups is 1. The van der Waals surface area contributed by atoms with Gasteiger partial charge in [-0.05, 0) is 43.7 Å². The lowest BCUT2D eigenvalue weighted by Gasteiger charge is -2.24. The van der Waals surface area contributed by atoms with Crippen LogP contribution in [0.25, 0.3) is 6.08 Å². The summed E-state index contributed by atoms with van der Waals surface area (Å²) >= 11 is 1.25. The van der Waals surface area contributed by atoms with Crippen LogP contribution in [0.3, 0.4) is 0 Å². The SMILES string of the molecule is C=CCOc1ccc([C@@H]2C(C(=O)OCC)=C(C)N=c3sc(=Cc4ccco4)c(=O)n32)cc1. The minimum absolute atomic E-state index is 0.222. The predicted molar refractivity (Wildman–Crippen MR) is 121 cm³/mol. The highest BCUT2D eigenvalue weighted by molar-refractivity contribution is 7.07. The van der Waals surface area contributed by atoms with Gasteiger partial charge in [-0.3, -0.25) is 9.36 Å². The van der Waals surface area contributed by atoms with Crippen molar-refractivity contribution in [1.29, 1.82) is 0 Å². The molecule has 1 aliphatic heterocycles. The average Bonchev–Trinajstić information content (AvgIpc) is 3.40. The van der Waals surface area contributed by atoms with E-state index in [0.29, 0.717) is 38.7 Å². The van der Waals surface area contributed by atoms with Gasteiger partial charge in [0.05, 0.1) is 34.7 Å². The minimum atomic E-state index is -0.669. The lowest BCUT2D eigenvalue weighted by molar-refractivity contribution is -0.139. The third kappa shape index (κ3) is 4.09. The number of benzene rings is 1. The Kier molecular flexibility index (Phi) is 6.23. The van der Waals surface area contributed by atoms with Crippen LogP contribution in [-0.4, -0.2) is 23.8 Å². The average molecular weight is 451 g/mol. The summed E-state index contributed by atoms with van der Waals surface area (Å²) < 4.78 is 18.2. The van der Waals surface area contributed by atoms with Crippen molar-refractivity contribution in [3.8, 4) is 5.75 Å². The van der Waals surface area contributed by atoms with Gasteiger partial charge in [0, 0.05) is 6.08 Å². The van der Waals surface area contributed by atoms with E-state index in [0.717, 1.165) is 5.56 Å². The third-order valence-electron chi connectivity index (χ3n) is 4.90. The molecule has 0 saturated carbocycles. The summed E-state index contributed by atoms with van der Waals surface area (Å²) in [5.74, 6) is 0.736. The number of thiazole rings is 1. The molecule has 0 fully saturated rings. The standard InChI is InChI=1S/C24H22N2O5S/c1-4-12-30-17-10-8-16(9-11-17)21-20(23(28)29-5-2)15(3)25-24-26(21)22(27)19(32-24)14-18-7-6-13-31-18/h4,6-11,13-14,21H,1,5,12H2,2-3H3/t21-/m1/s1. The van der Waals surface area contributed by atoms with Crippen molar-refractivity contribution in [2.45, 2.75) is 19.9 Å². The Morgan fingerprint density at radius 3 is 2.75 bits per heavy atom. The summed E-state index contributed by atoms with van der Waals surface area (Å²) in [5, 5.41) is 0. The molecular weight excluding hydrogens is 428 g/mol. The Balaban J connectivity index is 1.88. The summed E-state index contributed by atoms with van der Waals surface area (Å²) in [6.07, 6.45) is 4.89. The van der Waals surface area contributed by atoms with E-state index >= 15 is 0 Å². The molecule has 0 amide bonds. The molecule has 32 heavy (non-hydrogen) atoms. The molecule has 0 saturated heterocycles. The van der Waals surface area contributed by atoms with Gasteiger partial charge in [-0.15, -0.1) is 0 Å². The van der Waals surface area contributed by atoms with Gasteiger partial charge in [-0.25, -0.2) is 9.79 Å². The Labute approximate surface area is 188 Å². The highest BCUT2D eigenvalue weighted by atomic mass is 32.1. The molecule has 1 aliphatic rings. The van der Waals surface area contributed by atoms with Crippen molar-refractivity contribution in [3.63, 3.8) is 0 Å². The smallest absolute Gasteiger partial charge is 0.338 e. The Morgan fingerprint density at radius 2 is 2.09 bits per heavy atom. The summed E-state index contributed by atoms with van der Waals surface area (Å²) in [5.41, 5.74) is 1.35. The second-order valence-electron chi connectivity index (χ2n) is 6.99. The fraction of sp³-hybridized carbons (Fsp3) is 0.208. The maximum Gasteiger partial charge on any atom is 0.338 e. The molecule has 3 aromatic rings. The van der Waals surface area contributed by atoms with Crippen LogP contribution in [0.1, 0.15) is 31.2 Å². The van der Waals surface area contributed by atoms with Gasteiger partial charge in [-0.1, -0.05) is 36.1 Å². The van der Waals surface area contributed by atoms with Gasteiger partial charge in [-0.2, -0.15) is 0 Å². The van der Waals surface area contributed by atoms with E-state index in [1.165, 1.54) is 15.9 Å². The number of aromatic nitrogens is 1. The second-order valence-corrected chi connectivity index (χ2v) is 8.00. The van der Waals surface area contributed by atoms with Crippen molar-refractivity contribution in [3.05, 3.63) is 97.6 Å². The zero-order valence-electron chi connectivity index (χ0n) is 17.7. The molecule has 3 heterocycles. The van der Waals surface area contributed by atoms with E-state index in [-0.39, 0.29) is 12.2 Å². The van der Waals surface area contributed by atoms with E-state index in [9.17, 15) is 9.59 Å². The van der Waals surface area contributed by atoms with Gasteiger partial charge in [0.15, 0.2) is 4.80 Å². The van der Waals surface area contributed by atoms with Gasteiger partial charge in [0.25, 0.3) is 5.56 Å². The predicted octanol–water partition coefficient (Wildman–Crippen LogP) is 2.96. The lowest BCUT2D eigenvalue weighted by Crippen LogP contribution is -2.39. The zero-order chi connectivity index (χ0) is 22.7. The maximum absolute atomic E-state index is 13.4. The first kappa shape index (κ1) is 21.6. The Bertz CT molecular complexity index is 1340. The van der Waals surface area contributed by atoms with Crippen LogP contribution in [0.4, 0.5) is 0 Å². The first-order valence-electron chi connectivity index (χ1n) is 10.1. The fourth-order valence-electron chi connectivity index (χ4n) is 3.51. The van der Waals surface area contributed by atoms with Crippen LogP contribution < -0.4 is 19.6 Å². The van der Waals surface area contributed by atoms with Crippen molar-refractivity contribution in [2.75, 3.05) is 13.2 Å². The number of ether oxygens (including phenoxy) is 2. The monoisotopic (exact) mass is 450 g/mol. The second kappa shape index (κ2) is 9.23. The van der Waals surface area contributed by atoms with Gasteiger partial charge < -0.3 is 13.9 Å². The van der Waals surface area contributed by atoms with Crippen LogP contribution in [0, 0.1) is 0 Å². The molecule has 1 aromatic carbocycles. The molecule has 0 bridgehead atoms. The zero-order valence-corrected chi connectivity index (χ0v) is 18.6. The molecule has 4 rings (SSSR count). The number of hydrogen-bond acceptors (Lipinski definition) is 7. The number of esters is 1. The van der Waals surface area contributed by atoms with E-state index in [4.69, 9.17) is 13.9 Å². The molecule has 0 radical (unpaired) electrons. The minimum Gasteiger partial charge on any atom is -0.490 e. The third-order valence-corrected chi connectivity index (χ3v) is 5.88. The van der Waals surface area contributed by atoms with E-state index in [1.807, 2.05) is 12.1 Å². The van der Waals surface area contributed by atoms with Crippen LogP contribution in [0.5, 0.6) is 5.75 Å². The van der Waals surface area contributed by atoms with Crippen molar-refractivity contribution in [2.24, 2.45) is 4.99 Å². The molecule has 8 heteroatoms. The molecule has 0 unspecified atom stereocenters. The number of furan rings is 1. The van der Waals surface area contributed by atoms with E-state index in [2.05, 4.69) is 11.6 Å². The summed E-state index contributed by atoms with van der Waals surface area (Å²) in [4.78, 5) is 31.3. The highest BCUT2D eigenvalue weighted by Crippen LogP contribution is 2.31. The molecule has 1 atom stereocenters. The highest BCUT2D eigenvalue weighted by Gasteiger charge is 2.33. The number of nitrogens with zero attached hydrogens (tertiary/aromatic N) is 2. The summed E-state index contributed by atoms with van der Waals surface area (Å²) in [7, 11) is 0. The van der Waals surface area contributed by atoms with Crippen molar-refractivity contribution in [1.82, 2.24) is 4.57 Å². The van der Waals surface area contributed by atoms with Crippen LogP contribution in [-0.2, 0) is 9.53 Å². The van der Waals surface area contributed by atoms with Gasteiger partial charge in [0.1, 0.15) is 18.1 Å². The summed E-state index contributed by atoms with van der Waals surface area (Å²) in [6, 6.07) is 10.1. The molecule has 2 aromatic heterocycles. The van der Waals surface area contributed by atoms with E-state index in [1.54, 1.807) is 56.5 Å². The first-order chi connectivity index (χ1) is 15.5. The van der Waals surface area contributed by atoms with Crippen molar-refractivity contribution >= 4 is 23.4 Å². The quantitative estimate of drug-likeness (QED) is 0.408. The number of hydrogen-bond donors (Lipinski definition) is 0. The van der Waals surface area contributed by atoms with Crippen molar-refractivity contribution < 1.29 is 18.7 Å². The molecule has 164 valence electrons. The molecule has 0 aliphatic carbocycles. The molecule has 0 N–H and O–H groups in total. The fourth-order valence-corrected chi connectivity index (χ4v) is 4.54.